The molecule has 0 aliphatic heterocycles. The number of hydrogen-bond acceptors (Lipinski definition) is 4. The van der Waals surface area contributed by atoms with E-state index in [9.17, 15) is 0 Å². The summed E-state index contributed by atoms with van der Waals surface area (Å²) in [6.07, 6.45) is 5.13. The van der Waals surface area contributed by atoms with Crippen LogP contribution in [0.15, 0.2) is 132 Å². The summed E-state index contributed by atoms with van der Waals surface area (Å²) in [6, 6.07) is 46.9. The smallest absolute Gasteiger partial charge is 0.168 e. The van der Waals surface area contributed by atoms with Crippen molar-refractivity contribution in [2.45, 2.75) is 86.4 Å². The van der Waals surface area contributed by atoms with Crippen LogP contribution < -0.4 is 5.19 Å². The summed E-state index contributed by atoms with van der Waals surface area (Å²) in [7, 11) is -1.34. The molecule has 7 heteroatoms. The molecule has 9 rings (SSSR count). The quantitative estimate of drug-likeness (QED) is 0.107. The van der Waals surface area contributed by atoms with Gasteiger partial charge < -0.3 is 14.0 Å². The van der Waals surface area contributed by atoms with E-state index in [4.69, 9.17) is 14.4 Å². The molecule has 0 amide bonds. The first-order valence-corrected chi connectivity index (χ1v) is 25.2. The molecule has 5 aromatic carbocycles. The van der Waals surface area contributed by atoms with Gasteiger partial charge in [-0.1, -0.05) is 132 Å². The monoisotopic (exact) mass is 1010 g/mol. The summed E-state index contributed by atoms with van der Waals surface area (Å²) in [6.45, 7) is 22.9. The van der Waals surface area contributed by atoms with Crippen molar-refractivity contribution in [3.8, 4) is 39.5 Å². The van der Waals surface area contributed by atoms with Crippen molar-refractivity contribution in [3.05, 3.63) is 162 Å². The number of furan rings is 1. The fourth-order valence-electron chi connectivity index (χ4n) is 8.41. The minimum atomic E-state index is -1.34. The average molecular weight is 1010 g/mol. The molecule has 0 bridgehead atoms. The molecule has 0 atom stereocenters. The van der Waals surface area contributed by atoms with Crippen LogP contribution in [-0.2, 0) is 26.5 Å². The number of imidazole rings is 1. The molecule has 0 saturated heterocycles. The van der Waals surface area contributed by atoms with E-state index >= 15 is 0 Å². The van der Waals surface area contributed by atoms with Crippen LogP contribution in [0.25, 0.3) is 72.6 Å². The number of benzene rings is 5. The molecule has 0 saturated carbocycles. The van der Waals surface area contributed by atoms with Crippen molar-refractivity contribution >= 4 is 46.4 Å². The third-order valence-corrected chi connectivity index (χ3v) is 13.4. The first kappa shape index (κ1) is 44.6. The Kier molecular flexibility index (Phi) is 13.3. The number of aromatic nitrogens is 4. The topological polar surface area (TPSA) is 56.7 Å². The summed E-state index contributed by atoms with van der Waals surface area (Å²) in [5.74, 6) is 2.01. The van der Waals surface area contributed by atoms with Gasteiger partial charge in [-0.2, -0.15) is 0 Å². The molecule has 0 spiro atoms. The summed E-state index contributed by atoms with van der Waals surface area (Å²) in [4.78, 5) is 14.6. The maximum atomic E-state index is 6.48. The normalized spacial score (nSPS) is 11.8. The van der Waals surface area contributed by atoms with Crippen LogP contribution >= 0.6 is 0 Å². The van der Waals surface area contributed by atoms with E-state index in [2.05, 4.69) is 169 Å². The van der Waals surface area contributed by atoms with Gasteiger partial charge in [-0.15, -0.1) is 54.1 Å². The predicted molar refractivity (Wildman–Crippen MR) is 259 cm³/mol. The number of hydrogen-bond donors (Lipinski definition) is 0. The number of rotatable bonds is 9. The van der Waals surface area contributed by atoms with Gasteiger partial charge in [0.25, 0.3) is 0 Å². The zero-order chi connectivity index (χ0) is 43.0. The van der Waals surface area contributed by atoms with Gasteiger partial charge in [0.1, 0.15) is 5.58 Å². The molecule has 4 aromatic heterocycles. The van der Waals surface area contributed by atoms with Crippen LogP contribution in [0.2, 0.25) is 19.6 Å². The number of fused-ring (bicyclic) bond motifs is 4. The number of pyridine rings is 2. The van der Waals surface area contributed by atoms with Crippen LogP contribution in [0, 0.1) is 25.0 Å². The summed E-state index contributed by atoms with van der Waals surface area (Å²) < 4.78 is 8.79. The third-order valence-electron chi connectivity index (χ3n) is 11.4. The van der Waals surface area contributed by atoms with Crippen LogP contribution in [0.4, 0.5) is 0 Å². The van der Waals surface area contributed by atoms with Crippen molar-refractivity contribution < 1.29 is 24.5 Å². The van der Waals surface area contributed by atoms with Gasteiger partial charge in [0.15, 0.2) is 5.65 Å². The zero-order valence-corrected chi connectivity index (χ0v) is 41.0. The van der Waals surface area contributed by atoms with Gasteiger partial charge in [-0.05, 0) is 94.1 Å². The number of nitrogens with zero attached hydrogens (tertiary/aromatic N) is 4. The second-order valence-corrected chi connectivity index (χ2v) is 23.4. The molecule has 0 aliphatic rings. The van der Waals surface area contributed by atoms with Gasteiger partial charge in [-0.3, -0.25) is 4.98 Å². The van der Waals surface area contributed by atoms with Gasteiger partial charge in [0.2, 0.25) is 0 Å². The second-order valence-electron chi connectivity index (χ2n) is 18.3. The minimum Gasteiger partial charge on any atom is -0.501 e. The van der Waals surface area contributed by atoms with Gasteiger partial charge in [-0.25, -0.2) is 4.98 Å². The Hall–Kier alpha value is -5.46. The molecular formula is C55H56IrN4OSi-2. The molecule has 0 fully saturated rings. The van der Waals surface area contributed by atoms with E-state index in [1.807, 2.05) is 48.7 Å². The SMILES string of the molecule is CC(C)Cc1cc(-c2[c-]cccc2)ncc1[Si](C)(C)C.Cc1cnc2nc(-c3[c-]ccc4c3oc3ccccc34)n(-c3c(C(C)C)cc(-c4ccccc4)cc3C(C)C)c2c1.[Ir]. The third kappa shape index (κ3) is 9.03. The first-order valence-electron chi connectivity index (χ1n) is 21.7. The van der Waals surface area contributed by atoms with Crippen molar-refractivity contribution in [1.29, 1.82) is 0 Å². The molecule has 62 heavy (non-hydrogen) atoms. The molecule has 1 radical (unpaired) electrons. The molecule has 0 aliphatic carbocycles. The number of para-hydroxylation sites is 1. The van der Waals surface area contributed by atoms with Gasteiger partial charge in [0.05, 0.1) is 25.0 Å². The molecule has 0 N–H and O–H groups in total. The second kappa shape index (κ2) is 18.5. The molecule has 9 aromatic rings. The summed E-state index contributed by atoms with van der Waals surface area (Å²) in [5.41, 5.74) is 15.0. The van der Waals surface area contributed by atoms with Crippen LogP contribution in [0.1, 0.15) is 75.6 Å². The maximum Gasteiger partial charge on any atom is 0.168 e. The standard InChI is InChI=1S/C37H32N3O.C18H24NSi.Ir/c1-22(2)30-19-26(25-12-7-6-8-13-25)20-31(23(3)4)34(30)40-32-18-24(5)21-38-36(32)39-37(40)29-16-11-15-28-27-14-9-10-17-33(27)41-35(28)29;1-14(2)11-16-12-17(15-9-7-6-8-10-15)19-13-18(16)20(3,4)5;/h6-15,17-23H,1-5H3;6-9,12-14H,11H2,1-5H3;/q2*-1;. The van der Waals surface area contributed by atoms with E-state index in [-0.39, 0.29) is 31.9 Å². The van der Waals surface area contributed by atoms with Crippen molar-refractivity contribution in [1.82, 2.24) is 19.5 Å². The van der Waals surface area contributed by atoms with E-state index in [1.165, 1.54) is 38.7 Å². The van der Waals surface area contributed by atoms with Gasteiger partial charge >= 0.3 is 0 Å². The Morgan fingerprint density at radius 2 is 1.39 bits per heavy atom. The Morgan fingerprint density at radius 1 is 0.694 bits per heavy atom. The number of aryl methyl sites for hydroxylation is 1. The van der Waals surface area contributed by atoms with Crippen LogP contribution in [-0.4, -0.2) is 27.6 Å². The van der Waals surface area contributed by atoms with E-state index in [0.29, 0.717) is 11.6 Å². The molecule has 0 unspecified atom stereocenters. The Labute approximate surface area is 382 Å². The fraction of sp³-hybridized carbons (Fsp3) is 0.255. The summed E-state index contributed by atoms with van der Waals surface area (Å²) >= 11 is 0. The predicted octanol–water partition coefficient (Wildman–Crippen LogP) is 14.3. The fourth-order valence-corrected chi connectivity index (χ4v) is 10.00. The first-order chi connectivity index (χ1) is 29.3. The van der Waals surface area contributed by atoms with E-state index in [0.717, 1.165) is 62.1 Å². The molecule has 5 nitrogen and oxygen atoms in total. The zero-order valence-electron chi connectivity index (χ0n) is 37.6. The van der Waals surface area contributed by atoms with Crippen molar-refractivity contribution in [3.63, 3.8) is 0 Å². The molecule has 317 valence electrons. The van der Waals surface area contributed by atoms with Crippen molar-refractivity contribution in [2.75, 3.05) is 0 Å². The van der Waals surface area contributed by atoms with Crippen molar-refractivity contribution in [2.24, 2.45) is 5.92 Å². The van der Waals surface area contributed by atoms with Crippen LogP contribution in [0.3, 0.4) is 0 Å². The Morgan fingerprint density at radius 3 is 2.05 bits per heavy atom. The maximum absolute atomic E-state index is 6.48. The molecular weight excluding hydrogens is 953 g/mol. The summed E-state index contributed by atoms with van der Waals surface area (Å²) in [5, 5.41) is 3.64. The molecule has 4 heterocycles. The van der Waals surface area contributed by atoms with Gasteiger partial charge in [0, 0.05) is 43.6 Å². The van der Waals surface area contributed by atoms with Crippen LogP contribution in [0.5, 0.6) is 0 Å². The Balaban J connectivity index is 0.000000233. The Bertz CT molecular complexity index is 2950. The largest absolute Gasteiger partial charge is 0.501 e. The average Bonchev–Trinajstić information content (AvgIpc) is 3.81. The van der Waals surface area contributed by atoms with E-state index < -0.39 is 8.07 Å². The van der Waals surface area contributed by atoms with E-state index in [1.54, 1.807) is 0 Å². The minimum absolute atomic E-state index is 0.